The summed E-state index contributed by atoms with van der Waals surface area (Å²) < 4.78 is 15.8. The Bertz CT molecular complexity index is 446. The van der Waals surface area contributed by atoms with Crippen LogP contribution in [0.2, 0.25) is 0 Å². The summed E-state index contributed by atoms with van der Waals surface area (Å²) in [5, 5.41) is 2.71. The summed E-state index contributed by atoms with van der Waals surface area (Å²) in [4.78, 5) is 11.5. The third-order valence-electron chi connectivity index (χ3n) is 2.60. The highest BCUT2D eigenvalue weighted by molar-refractivity contribution is 5.67. The van der Waals surface area contributed by atoms with Gasteiger partial charge in [-0.15, -0.1) is 0 Å². The van der Waals surface area contributed by atoms with Crippen molar-refractivity contribution in [2.45, 2.75) is 39.0 Å². The van der Waals surface area contributed by atoms with E-state index in [1.54, 1.807) is 0 Å². The van der Waals surface area contributed by atoms with Gasteiger partial charge in [0.15, 0.2) is 0 Å². The van der Waals surface area contributed by atoms with Crippen molar-refractivity contribution in [3.63, 3.8) is 0 Å². The number of amides is 1. The lowest BCUT2D eigenvalue weighted by molar-refractivity contribution is 0.0523. The van der Waals surface area contributed by atoms with Crippen LogP contribution in [0.4, 0.5) is 4.79 Å². The minimum absolute atomic E-state index is 0.253. The molecule has 0 radical (unpaired) electrons. The number of benzene rings is 1. The first-order valence-electron chi connectivity index (χ1n) is 6.72. The molecule has 1 aromatic rings. The van der Waals surface area contributed by atoms with E-state index >= 15 is 0 Å². The SMILES string of the molecule is CC(C)(C)OC(=O)NCc1ccc(OCC2CO2)cc1. The maximum Gasteiger partial charge on any atom is 0.407 e. The number of ether oxygens (including phenoxy) is 3. The van der Waals surface area contributed by atoms with Crippen LogP contribution in [0.15, 0.2) is 24.3 Å². The van der Waals surface area contributed by atoms with Crippen LogP contribution in [-0.4, -0.2) is 31.0 Å². The van der Waals surface area contributed by atoms with Gasteiger partial charge in [-0.25, -0.2) is 4.79 Å². The van der Waals surface area contributed by atoms with Gasteiger partial charge in [-0.2, -0.15) is 0 Å². The maximum absolute atomic E-state index is 11.5. The van der Waals surface area contributed by atoms with Crippen LogP contribution >= 0.6 is 0 Å². The van der Waals surface area contributed by atoms with Gasteiger partial charge in [0, 0.05) is 6.54 Å². The number of nitrogens with one attached hydrogen (secondary N) is 1. The first-order valence-corrected chi connectivity index (χ1v) is 6.72. The van der Waals surface area contributed by atoms with Crippen molar-refractivity contribution in [1.82, 2.24) is 5.32 Å². The molecule has 0 saturated carbocycles. The Kier molecular flexibility index (Phi) is 4.49. The fraction of sp³-hybridized carbons (Fsp3) is 0.533. The van der Waals surface area contributed by atoms with E-state index in [0.29, 0.717) is 13.2 Å². The number of hydrogen-bond donors (Lipinski definition) is 1. The molecule has 1 heterocycles. The smallest absolute Gasteiger partial charge is 0.407 e. The average molecular weight is 279 g/mol. The highest BCUT2D eigenvalue weighted by atomic mass is 16.6. The van der Waals surface area contributed by atoms with E-state index < -0.39 is 11.7 Å². The molecule has 5 nitrogen and oxygen atoms in total. The van der Waals surface area contributed by atoms with E-state index in [1.807, 2.05) is 45.0 Å². The Morgan fingerprint density at radius 3 is 2.55 bits per heavy atom. The van der Waals surface area contributed by atoms with Crippen LogP contribution < -0.4 is 10.1 Å². The van der Waals surface area contributed by atoms with E-state index in [9.17, 15) is 4.79 Å². The molecule has 20 heavy (non-hydrogen) atoms. The van der Waals surface area contributed by atoms with Gasteiger partial charge in [-0.1, -0.05) is 12.1 Å². The molecule has 0 bridgehead atoms. The molecule has 0 aromatic heterocycles. The van der Waals surface area contributed by atoms with E-state index in [4.69, 9.17) is 14.2 Å². The summed E-state index contributed by atoms with van der Waals surface area (Å²) in [6.07, 6.45) is -0.160. The van der Waals surface area contributed by atoms with Crippen molar-refractivity contribution < 1.29 is 19.0 Å². The highest BCUT2D eigenvalue weighted by Gasteiger charge is 2.23. The summed E-state index contributed by atoms with van der Waals surface area (Å²) in [5.74, 6) is 0.807. The molecule has 1 N–H and O–H groups in total. The molecule has 1 saturated heterocycles. The molecule has 1 aromatic carbocycles. The second-order valence-corrected chi connectivity index (χ2v) is 5.77. The number of hydrogen-bond acceptors (Lipinski definition) is 4. The molecule has 110 valence electrons. The van der Waals surface area contributed by atoms with Gasteiger partial charge in [0.05, 0.1) is 6.61 Å². The average Bonchev–Trinajstić information content (AvgIpc) is 3.17. The largest absolute Gasteiger partial charge is 0.491 e. The Balaban J connectivity index is 1.73. The number of carbonyl (C=O) groups is 1. The predicted molar refractivity (Wildman–Crippen MR) is 74.8 cm³/mol. The number of carbonyl (C=O) groups excluding carboxylic acids is 1. The molecule has 5 heteroatoms. The quantitative estimate of drug-likeness (QED) is 0.841. The summed E-state index contributed by atoms with van der Waals surface area (Å²) in [7, 11) is 0. The fourth-order valence-electron chi connectivity index (χ4n) is 1.55. The van der Waals surface area contributed by atoms with Gasteiger partial charge in [0.2, 0.25) is 0 Å². The lowest BCUT2D eigenvalue weighted by Gasteiger charge is -2.19. The molecular formula is C15H21NO4. The topological polar surface area (TPSA) is 60.1 Å². The molecule has 1 aliphatic heterocycles. The summed E-state index contributed by atoms with van der Waals surface area (Å²) in [5.41, 5.74) is 0.512. The molecule has 0 spiro atoms. The Labute approximate surface area is 119 Å². The normalized spacial score (nSPS) is 17.4. The molecule has 1 fully saturated rings. The van der Waals surface area contributed by atoms with Gasteiger partial charge >= 0.3 is 6.09 Å². The van der Waals surface area contributed by atoms with Crippen LogP contribution in [-0.2, 0) is 16.0 Å². The van der Waals surface area contributed by atoms with Gasteiger partial charge < -0.3 is 19.5 Å². The van der Waals surface area contributed by atoms with Gasteiger partial charge in [-0.05, 0) is 38.5 Å². The monoisotopic (exact) mass is 279 g/mol. The number of rotatable bonds is 5. The second-order valence-electron chi connectivity index (χ2n) is 5.77. The van der Waals surface area contributed by atoms with Crippen molar-refractivity contribution in [1.29, 1.82) is 0 Å². The molecule has 1 amide bonds. The predicted octanol–water partition coefficient (Wildman–Crippen LogP) is 2.49. The standard InChI is InChI=1S/C15H21NO4/c1-15(2,3)20-14(17)16-8-11-4-6-12(7-5-11)18-9-13-10-19-13/h4-7,13H,8-10H2,1-3H3,(H,16,17). The van der Waals surface area contributed by atoms with Crippen LogP contribution in [0.3, 0.4) is 0 Å². The van der Waals surface area contributed by atoms with Gasteiger partial charge in [0.1, 0.15) is 24.1 Å². The van der Waals surface area contributed by atoms with Gasteiger partial charge in [0.25, 0.3) is 0 Å². The van der Waals surface area contributed by atoms with Gasteiger partial charge in [-0.3, -0.25) is 0 Å². The maximum atomic E-state index is 11.5. The lowest BCUT2D eigenvalue weighted by Crippen LogP contribution is -2.32. The molecular weight excluding hydrogens is 258 g/mol. The third kappa shape index (κ3) is 5.48. The Morgan fingerprint density at radius 2 is 2.00 bits per heavy atom. The third-order valence-corrected chi connectivity index (χ3v) is 2.60. The summed E-state index contributed by atoms with van der Waals surface area (Å²) >= 11 is 0. The summed E-state index contributed by atoms with van der Waals surface area (Å²) in [6, 6.07) is 7.60. The lowest BCUT2D eigenvalue weighted by atomic mass is 10.2. The zero-order chi connectivity index (χ0) is 14.6. The highest BCUT2D eigenvalue weighted by Crippen LogP contribution is 2.16. The number of epoxide rings is 1. The molecule has 1 aliphatic rings. The first-order chi connectivity index (χ1) is 9.42. The van der Waals surface area contributed by atoms with Crippen molar-refractivity contribution >= 4 is 6.09 Å². The van der Waals surface area contributed by atoms with Crippen molar-refractivity contribution in [2.75, 3.05) is 13.2 Å². The van der Waals surface area contributed by atoms with E-state index in [-0.39, 0.29) is 6.10 Å². The first kappa shape index (κ1) is 14.7. The van der Waals surface area contributed by atoms with Crippen LogP contribution in [0.25, 0.3) is 0 Å². The van der Waals surface area contributed by atoms with E-state index in [0.717, 1.165) is 17.9 Å². The second kappa shape index (κ2) is 6.13. The van der Waals surface area contributed by atoms with Crippen LogP contribution in [0, 0.1) is 0 Å². The number of alkyl carbamates (subject to hydrolysis) is 1. The van der Waals surface area contributed by atoms with Crippen LogP contribution in [0.5, 0.6) is 5.75 Å². The summed E-state index contributed by atoms with van der Waals surface area (Å²) in [6.45, 7) is 7.32. The fourth-order valence-corrected chi connectivity index (χ4v) is 1.55. The van der Waals surface area contributed by atoms with E-state index in [1.165, 1.54) is 0 Å². The van der Waals surface area contributed by atoms with Crippen LogP contribution in [0.1, 0.15) is 26.3 Å². The minimum atomic E-state index is -0.480. The molecule has 1 unspecified atom stereocenters. The molecule has 1 atom stereocenters. The van der Waals surface area contributed by atoms with E-state index in [2.05, 4.69) is 5.32 Å². The van der Waals surface area contributed by atoms with Crippen molar-refractivity contribution in [3.05, 3.63) is 29.8 Å². The molecule has 0 aliphatic carbocycles. The minimum Gasteiger partial charge on any atom is -0.491 e. The van der Waals surface area contributed by atoms with Crippen molar-refractivity contribution in [2.24, 2.45) is 0 Å². The van der Waals surface area contributed by atoms with Crippen molar-refractivity contribution in [3.8, 4) is 5.75 Å². The zero-order valence-corrected chi connectivity index (χ0v) is 12.1. The Morgan fingerprint density at radius 1 is 1.35 bits per heavy atom. The molecule has 2 rings (SSSR count). The zero-order valence-electron chi connectivity index (χ0n) is 12.1. The Hall–Kier alpha value is -1.75.